The second kappa shape index (κ2) is 10.1. The Bertz CT molecular complexity index is 1270. The van der Waals surface area contributed by atoms with Crippen molar-refractivity contribution in [3.05, 3.63) is 60.3 Å². The summed E-state index contributed by atoms with van der Waals surface area (Å²) in [5.41, 5.74) is 3.11. The predicted molar refractivity (Wildman–Crippen MR) is 131 cm³/mol. The molecular formula is C26H27N5O5. The number of hydrogen-bond donors (Lipinski definition) is 2. The second-order valence-corrected chi connectivity index (χ2v) is 8.93. The van der Waals surface area contributed by atoms with E-state index in [2.05, 4.69) is 15.5 Å². The Labute approximate surface area is 208 Å². The molecule has 36 heavy (non-hydrogen) atoms. The second-order valence-electron chi connectivity index (χ2n) is 8.93. The highest BCUT2D eigenvalue weighted by Crippen LogP contribution is 2.34. The molecule has 0 aliphatic carbocycles. The lowest BCUT2D eigenvalue weighted by Crippen LogP contribution is -2.48. The normalized spacial score (nSPS) is 15.0. The van der Waals surface area contributed by atoms with Gasteiger partial charge in [-0.25, -0.2) is 0 Å². The molecule has 3 aromatic rings. The van der Waals surface area contributed by atoms with Crippen LogP contribution in [0.25, 0.3) is 11.3 Å². The van der Waals surface area contributed by atoms with Gasteiger partial charge >= 0.3 is 11.8 Å². The predicted octanol–water partition coefficient (Wildman–Crippen LogP) is 2.64. The molecule has 5 rings (SSSR count). The number of aromatic amines is 1. The molecule has 10 nitrogen and oxygen atoms in total. The molecule has 0 saturated carbocycles. The summed E-state index contributed by atoms with van der Waals surface area (Å²) < 4.78 is 10.6. The standard InChI is InChI=1S/C26H27N5O5/c1-30(15-20-13-21(29-28-20)17-5-3-2-4-6-17)25(33)26(34)31-11-9-18(10-12-31)24(32)27-19-7-8-22-23(14-19)36-16-35-22/h2-8,13-14,18H,9-12,15-16H2,1H3,(H,27,32)(H,28,29). The molecule has 1 aromatic heterocycles. The van der Waals surface area contributed by atoms with Gasteiger partial charge in [0.1, 0.15) is 0 Å². The van der Waals surface area contributed by atoms with Crippen LogP contribution in [0.2, 0.25) is 0 Å². The highest BCUT2D eigenvalue weighted by Gasteiger charge is 2.32. The maximum Gasteiger partial charge on any atom is 0.312 e. The zero-order chi connectivity index (χ0) is 25.1. The van der Waals surface area contributed by atoms with Gasteiger partial charge in [-0.05, 0) is 31.0 Å². The monoisotopic (exact) mass is 489 g/mol. The molecule has 1 saturated heterocycles. The van der Waals surface area contributed by atoms with Gasteiger partial charge in [0.15, 0.2) is 11.5 Å². The van der Waals surface area contributed by atoms with Crippen LogP contribution in [0.3, 0.4) is 0 Å². The van der Waals surface area contributed by atoms with E-state index in [4.69, 9.17) is 9.47 Å². The molecule has 3 heterocycles. The van der Waals surface area contributed by atoms with E-state index in [1.807, 2.05) is 36.4 Å². The number of hydrogen-bond acceptors (Lipinski definition) is 6. The summed E-state index contributed by atoms with van der Waals surface area (Å²) in [6.45, 7) is 1.10. The number of ether oxygens (including phenoxy) is 2. The van der Waals surface area contributed by atoms with E-state index in [0.717, 1.165) is 17.0 Å². The largest absolute Gasteiger partial charge is 0.454 e. The number of benzene rings is 2. The SMILES string of the molecule is CN(Cc1cc(-c2ccccc2)n[nH]1)C(=O)C(=O)N1CCC(C(=O)Nc2ccc3c(c2)OCO3)CC1. The third kappa shape index (κ3) is 5.02. The number of aromatic nitrogens is 2. The van der Waals surface area contributed by atoms with Crippen LogP contribution in [-0.2, 0) is 20.9 Å². The van der Waals surface area contributed by atoms with Crippen LogP contribution >= 0.6 is 0 Å². The van der Waals surface area contributed by atoms with Crippen LogP contribution in [0.15, 0.2) is 54.6 Å². The quantitative estimate of drug-likeness (QED) is 0.532. The van der Waals surface area contributed by atoms with E-state index in [1.165, 1.54) is 9.80 Å². The van der Waals surface area contributed by atoms with Crippen molar-refractivity contribution in [2.45, 2.75) is 19.4 Å². The third-order valence-corrected chi connectivity index (χ3v) is 6.43. The topological polar surface area (TPSA) is 117 Å². The third-order valence-electron chi connectivity index (χ3n) is 6.43. The molecule has 1 fully saturated rings. The Morgan fingerprint density at radius 1 is 1.06 bits per heavy atom. The van der Waals surface area contributed by atoms with Crippen molar-refractivity contribution < 1.29 is 23.9 Å². The fraction of sp³-hybridized carbons (Fsp3) is 0.308. The smallest absolute Gasteiger partial charge is 0.312 e. The van der Waals surface area contributed by atoms with Gasteiger partial charge in [0.25, 0.3) is 0 Å². The highest BCUT2D eigenvalue weighted by atomic mass is 16.7. The van der Waals surface area contributed by atoms with E-state index in [9.17, 15) is 14.4 Å². The average Bonchev–Trinajstić information content (AvgIpc) is 3.58. The average molecular weight is 490 g/mol. The maximum atomic E-state index is 12.8. The molecule has 2 aliphatic heterocycles. The van der Waals surface area contributed by atoms with E-state index < -0.39 is 11.8 Å². The number of carbonyl (C=O) groups is 3. The van der Waals surface area contributed by atoms with Gasteiger partial charge in [-0.3, -0.25) is 19.5 Å². The number of anilines is 1. The molecule has 0 spiro atoms. The first kappa shape index (κ1) is 23.4. The first-order valence-corrected chi connectivity index (χ1v) is 11.8. The minimum absolute atomic E-state index is 0.113. The first-order chi connectivity index (χ1) is 17.5. The van der Waals surface area contributed by atoms with Crippen molar-refractivity contribution in [1.29, 1.82) is 0 Å². The Morgan fingerprint density at radius 2 is 1.81 bits per heavy atom. The van der Waals surface area contributed by atoms with Crippen molar-refractivity contribution in [3.8, 4) is 22.8 Å². The zero-order valence-electron chi connectivity index (χ0n) is 19.9. The number of nitrogens with zero attached hydrogens (tertiary/aromatic N) is 3. The highest BCUT2D eigenvalue weighted by molar-refractivity contribution is 6.34. The summed E-state index contributed by atoms with van der Waals surface area (Å²) in [7, 11) is 1.59. The molecule has 2 N–H and O–H groups in total. The summed E-state index contributed by atoms with van der Waals surface area (Å²) in [6, 6.07) is 16.8. The Balaban J connectivity index is 1.11. The number of likely N-dealkylation sites (N-methyl/N-ethyl adjacent to an activating group) is 1. The number of amides is 3. The van der Waals surface area contributed by atoms with Gasteiger partial charge in [0.2, 0.25) is 12.7 Å². The summed E-state index contributed by atoms with van der Waals surface area (Å²) in [4.78, 5) is 41.2. The van der Waals surface area contributed by atoms with E-state index in [-0.39, 0.29) is 25.2 Å². The number of rotatable bonds is 5. The van der Waals surface area contributed by atoms with Crippen LogP contribution in [0.5, 0.6) is 11.5 Å². The first-order valence-electron chi connectivity index (χ1n) is 11.8. The lowest BCUT2D eigenvalue weighted by atomic mass is 9.95. The van der Waals surface area contributed by atoms with E-state index >= 15 is 0 Å². The Hall–Kier alpha value is -4.34. The fourth-order valence-electron chi connectivity index (χ4n) is 4.39. The van der Waals surface area contributed by atoms with Crippen LogP contribution in [-0.4, -0.2) is 64.6 Å². The number of nitrogens with one attached hydrogen (secondary N) is 2. The molecule has 3 amide bonds. The summed E-state index contributed by atoms with van der Waals surface area (Å²) >= 11 is 0. The van der Waals surface area contributed by atoms with Crippen LogP contribution in [0.4, 0.5) is 5.69 Å². The molecule has 0 unspecified atom stereocenters. The lowest BCUT2D eigenvalue weighted by molar-refractivity contribution is -0.152. The van der Waals surface area contributed by atoms with Gasteiger partial charge in [-0.1, -0.05) is 30.3 Å². The lowest BCUT2D eigenvalue weighted by Gasteiger charge is -2.31. The van der Waals surface area contributed by atoms with Crippen molar-refractivity contribution in [2.75, 3.05) is 32.2 Å². The molecular weight excluding hydrogens is 462 g/mol. The molecule has 10 heteroatoms. The van der Waals surface area contributed by atoms with E-state index in [1.54, 1.807) is 25.2 Å². The van der Waals surface area contributed by atoms with Crippen LogP contribution in [0.1, 0.15) is 18.5 Å². The van der Waals surface area contributed by atoms with Crippen molar-refractivity contribution >= 4 is 23.4 Å². The van der Waals surface area contributed by atoms with Gasteiger partial charge in [0.05, 0.1) is 17.9 Å². The number of H-pyrrole nitrogens is 1. The molecule has 2 aromatic carbocycles. The molecule has 2 aliphatic rings. The van der Waals surface area contributed by atoms with Crippen LogP contribution < -0.4 is 14.8 Å². The Morgan fingerprint density at radius 3 is 2.58 bits per heavy atom. The van der Waals surface area contributed by atoms with Crippen molar-refractivity contribution in [1.82, 2.24) is 20.0 Å². The fourth-order valence-corrected chi connectivity index (χ4v) is 4.39. The van der Waals surface area contributed by atoms with Crippen molar-refractivity contribution in [2.24, 2.45) is 5.92 Å². The number of piperidine rings is 1. The number of fused-ring (bicyclic) bond motifs is 1. The van der Waals surface area contributed by atoms with Crippen molar-refractivity contribution in [3.63, 3.8) is 0 Å². The van der Waals surface area contributed by atoms with E-state index in [0.29, 0.717) is 43.1 Å². The molecule has 0 bridgehead atoms. The summed E-state index contributed by atoms with van der Waals surface area (Å²) in [5.74, 6) is -0.253. The minimum Gasteiger partial charge on any atom is -0.454 e. The minimum atomic E-state index is -0.589. The number of likely N-dealkylation sites (tertiary alicyclic amines) is 1. The molecule has 0 radical (unpaired) electrons. The molecule has 0 atom stereocenters. The number of carbonyl (C=O) groups excluding carboxylic acids is 3. The Kier molecular flexibility index (Phi) is 6.57. The van der Waals surface area contributed by atoms with Crippen LogP contribution in [0, 0.1) is 5.92 Å². The summed E-state index contributed by atoms with van der Waals surface area (Å²) in [6.07, 6.45) is 0.972. The van der Waals surface area contributed by atoms with Gasteiger partial charge < -0.3 is 24.6 Å². The maximum absolute atomic E-state index is 12.8. The van der Waals surface area contributed by atoms with Gasteiger partial charge in [-0.2, -0.15) is 5.10 Å². The molecule has 186 valence electrons. The summed E-state index contributed by atoms with van der Waals surface area (Å²) in [5, 5.41) is 10.1. The van der Waals surface area contributed by atoms with Gasteiger partial charge in [0, 0.05) is 43.4 Å². The van der Waals surface area contributed by atoms with Gasteiger partial charge in [-0.15, -0.1) is 0 Å². The zero-order valence-corrected chi connectivity index (χ0v) is 19.9.